The van der Waals surface area contributed by atoms with E-state index in [0.29, 0.717) is 19.3 Å². The topological polar surface area (TPSA) is 155 Å². The first-order chi connectivity index (χ1) is 36.2. The van der Waals surface area contributed by atoms with E-state index in [1.807, 2.05) is 0 Å². The predicted octanol–water partition coefficient (Wildman–Crippen LogP) is 17.7. The van der Waals surface area contributed by atoms with Gasteiger partial charge in [-0.3, -0.25) is 23.4 Å². The van der Waals surface area contributed by atoms with E-state index < -0.39 is 57.8 Å². The van der Waals surface area contributed by atoms with E-state index in [0.717, 1.165) is 109 Å². The van der Waals surface area contributed by atoms with Gasteiger partial charge in [0.15, 0.2) is 6.10 Å². The molecule has 0 aliphatic carbocycles. The van der Waals surface area contributed by atoms with Gasteiger partial charge in [0.2, 0.25) is 0 Å². The summed E-state index contributed by atoms with van der Waals surface area (Å²) in [5.41, 5.74) is 0. The van der Waals surface area contributed by atoms with Crippen LogP contribution in [-0.4, -0.2) is 66.5 Å². The molecule has 12 heteroatoms. The van der Waals surface area contributed by atoms with Crippen LogP contribution >= 0.6 is 7.82 Å². The van der Waals surface area contributed by atoms with Gasteiger partial charge in [0, 0.05) is 19.3 Å². The largest absolute Gasteiger partial charge is 0.472 e. The molecule has 0 aromatic heterocycles. The SMILES string of the molecule is CC/C=C\C/C=C\C/C=C\C/C=C\CCCCC(=O)OCC(COP(=O)(O)OCC(CO)OC(=O)CCCCCCC/C=C\CCCCCCCC)OC(=O)CCCCCCCCC/C=C\CCCCCCCC. The maximum Gasteiger partial charge on any atom is 0.472 e. The average molecular weight is 1060 g/mol. The van der Waals surface area contributed by atoms with Crippen LogP contribution in [0, 0.1) is 0 Å². The number of ether oxygens (including phenoxy) is 3. The quantitative estimate of drug-likeness (QED) is 0.0197. The van der Waals surface area contributed by atoms with Crippen LogP contribution in [0.15, 0.2) is 72.9 Å². The van der Waals surface area contributed by atoms with E-state index in [1.165, 1.54) is 96.3 Å². The number of allylic oxidation sites excluding steroid dienone is 12. The summed E-state index contributed by atoms with van der Waals surface area (Å²) in [7, 11) is -4.76. The fourth-order valence-corrected chi connectivity index (χ4v) is 8.83. The van der Waals surface area contributed by atoms with Gasteiger partial charge in [0.05, 0.1) is 19.8 Å². The van der Waals surface area contributed by atoms with Gasteiger partial charge in [-0.2, -0.15) is 0 Å². The van der Waals surface area contributed by atoms with Crippen molar-refractivity contribution in [1.29, 1.82) is 0 Å². The molecule has 0 bridgehead atoms. The molecule has 0 aromatic carbocycles. The number of carbonyl (C=O) groups is 3. The number of esters is 3. The lowest BCUT2D eigenvalue weighted by Gasteiger charge is -2.21. The summed E-state index contributed by atoms with van der Waals surface area (Å²) >= 11 is 0. The van der Waals surface area contributed by atoms with E-state index >= 15 is 0 Å². The van der Waals surface area contributed by atoms with Crippen molar-refractivity contribution >= 4 is 25.7 Å². The number of carbonyl (C=O) groups excluding carboxylic acids is 3. The lowest BCUT2D eigenvalue weighted by molar-refractivity contribution is -0.161. The third-order valence-corrected chi connectivity index (χ3v) is 13.5. The van der Waals surface area contributed by atoms with Gasteiger partial charge in [-0.05, 0) is 109 Å². The van der Waals surface area contributed by atoms with Gasteiger partial charge >= 0.3 is 25.7 Å². The van der Waals surface area contributed by atoms with Gasteiger partial charge in [0.25, 0.3) is 0 Å². The van der Waals surface area contributed by atoms with Crippen LogP contribution in [0.1, 0.15) is 265 Å². The first-order valence-corrected chi connectivity index (χ1v) is 31.3. The van der Waals surface area contributed by atoms with Crippen molar-refractivity contribution in [2.45, 2.75) is 277 Å². The van der Waals surface area contributed by atoms with E-state index in [4.69, 9.17) is 23.3 Å². The molecule has 0 saturated heterocycles. The molecule has 0 heterocycles. The number of unbranched alkanes of at least 4 members (excludes halogenated alkanes) is 26. The highest BCUT2D eigenvalue weighted by molar-refractivity contribution is 7.47. The second kappa shape index (κ2) is 56.1. The maximum absolute atomic E-state index is 12.9. The number of hydrogen-bond acceptors (Lipinski definition) is 10. The molecule has 0 aliphatic rings. The number of aliphatic hydroxyl groups excluding tert-OH is 1. The Morgan fingerprint density at radius 3 is 1.12 bits per heavy atom. The van der Waals surface area contributed by atoms with Crippen molar-refractivity contribution in [3.05, 3.63) is 72.9 Å². The molecule has 428 valence electrons. The van der Waals surface area contributed by atoms with Gasteiger partial charge in [-0.15, -0.1) is 0 Å². The Morgan fingerprint density at radius 1 is 0.392 bits per heavy atom. The summed E-state index contributed by atoms with van der Waals surface area (Å²) in [4.78, 5) is 48.6. The fraction of sp³-hybridized carbons (Fsp3) is 0.758. The first-order valence-electron chi connectivity index (χ1n) is 29.8. The van der Waals surface area contributed by atoms with Gasteiger partial charge < -0.3 is 24.2 Å². The summed E-state index contributed by atoms with van der Waals surface area (Å²) in [6, 6.07) is 0. The van der Waals surface area contributed by atoms with Crippen molar-refractivity contribution in [2.24, 2.45) is 0 Å². The molecule has 0 aliphatic heterocycles. The number of aliphatic hydroxyl groups is 1. The van der Waals surface area contributed by atoms with Crippen LogP contribution in [0.25, 0.3) is 0 Å². The smallest absolute Gasteiger partial charge is 0.462 e. The molecule has 0 radical (unpaired) electrons. The predicted molar refractivity (Wildman–Crippen MR) is 307 cm³/mol. The lowest BCUT2D eigenvalue weighted by atomic mass is 10.1. The van der Waals surface area contributed by atoms with Crippen LogP contribution in [-0.2, 0) is 42.2 Å². The van der Waals surface area contributed by atoms with Crippen LogP contribution in [0.2, 0.25) is 0 Å². The number of rotatable bonds is 55. The highest BCUT2D eigenvalue weighted by atomic mass is 31.2. The molecule has 0 amide bonds. The van der Waals surface area contributed by atoms with E-state index in [2.05, 4.69) is 93.7 Å². The van der Waals surface area contributed by atoms with Crippen LogP contribution in [0.3, 0.4) is 0 Å². The van der Waals surface area contributed by atoms with Crippen LogP contribution < -0.4 is 0 Å². The molecule has 0 fully saturated rings. The minimum absolute atomic E-state index is 0.152. The second-order valence-electron chi connectivity index (χ2n) is 19.8. The van der Waals surface area contributed by atoms with Gasteiger partial charge in [-0.1, -0.05) is 209 Å². The van der Waals surface area contributed by atoms with Gasteiger partial charge in [0.1, 0.15) is 12.7 Å². The van der Waals surface area contributed by atoms with Crippen LogP contribution in [0.5, 0.6) is 0 Å². The highest BCUT2D eigenvalue weighted by Gasteiger charge is 2.28. The average Bonchev–Trinajstić information content (AvgIpc) is 3.39. The monoisotopic (exact) mass is 1060 g/mol. The molecule has 74 heavy (non-hydrogen) atoms. The summed E-state index contributed by atoms with van der Waals surface area (Å²) in [5, 5.41) is 9.82. The van der Waals surface area contributed by atoms with Crippen molar-refractivity contribution < 1.29 is 52.2 Å². The van der Waals surface area contributed by atoms with Gasteiger partial charge in [-0.25, -0.2) is 4.57 Å². The normalized spacial score (nSPS) is 13.9. The zero-order valence-electron chi connectivity index (χ0n) is 47.3. The Morgan fingerprint density at radius 2 is 0.703 bits per heavy atom. The third kappa shape index (κ3) is 53.7. The summed E-state index contributed by atoms with van der Waals surface area (Å²) in [5.74, 6) is -1.52. The van der Waals surface area contributed by atoms with E-state index in [1.54, 1.807) is 0 Å². The molecule has 3 atom stereocenters. The molecule has 2 N–H and O–H groups in total. The number of phosphoric ester groups is 1. The van der Waals surface area contributed by atoms with Crippen molar-refractivity contribution in [1.82, 2.24) is 0 Å². The number of phosphoric acid groups is 1. The number of hydrogen-bond donors (Lipinski definition) is 2. The van der Waals surface area contributed by atoms with Crippen molar-refractivity contribution in [3.8, 4) is 0 Å². The second-order valence-corrected chi connectivity index (χ2v) is 21.2. The first kappa shape index (κ1) is 70.9. The minimum atomic E-state index is -4.76. The zero-order chi connectivity index (χ0) is 54.1. The van der Waals surface area contributed by atoms with Crippen LogP contribution in [0.4, 0.5) is 0 Å². The molecular weight excluding hydrogens is 952 g/mol. The molecule has 0 rings (SSSR count). The summed E-state index contributed by atoms with van der Waals surface area (Å²) < 4.78 is 39.5. The molecular formula is C62H109O11P. The Kier molecular flexibility index (Phi) is 53.8. The Balaban J connectivity index is 4.77. The van der Waals surface area contributed by atoms with Crippen molar-refractivity contribution in [2.75, 3.05) is 26.4 Å². The van der Waals surface area contributed by atoms with E-state index in [-0.39, 0.29) is 25.9 Å². The Hall–Kier alpha value is -3.08. The maximum atomic E-state index is 12.9. The minimum Gasteiger partial charge on any atom is -0.462 e. The Bertz CT molecular complexity index is 1520. The van der Waals surface area contributed by atoms with Crippen molar-refractivity contribution in [3.63, 3.8) is 0 Å². The summed E-state index contributed by atoms with van der Waals surface area (Å²) in [6.07, 6.45) is 62.9. The molecule has 0 spiro atoms. The summed E-state index contributed by atoms with van der Waals surface area (Å²) in [6.45, 7) is 4.48. The Labute approximate surface area is 452 Å². The van der Waals surface area contributed by atoms with E-state index in [9.17, 15) is 28.9 Å². The third-order valence-electron chi connectivity index (χ3n) is 12.6. The molecule has 0 saturated carbocycles. The zero-order valence-corrected chi connectivity index (χ0v) is 48.2. The lowest BCUT2D eigenvalue weighted by Crippen LogP contribution is -2.30. The molecule has 0 aromatic rings. The standard InChI is InChI=1S/C62H109O11P/c1-4-7-10-13-16-19-22-25-28-29-32-35-38-41-44-47-50-53-62(66)73-59(55-69-60(64)51-48-45-42-39-36-33-30-26-23-20-17-14-11-8-5-2)57-71-74(67,68)70-56-58(54-63)72-61(65)52-49-46-43-40-37-34-31-27-24-21-18-15-12-9-6-3/h8,11,17,20,25-28,30-31,36,39,58-59,63H,4-7,9-10,12-16,18-19,21-24,29,32-35,37-38,40-57H2,1-3H3,(H,67,68)/b11-8-,20-17-,28-25-,30-26-,31-27-,39-36-. The molecule has 11 nitrogen and oxygen atoms in total. The highest BCUT2D eigenvalue weighted by Crippen LogP contribution is 2.43. The fourth-order valence-electron chi connectivity index (χ4n) is 8.04. The molecule has 3 unspecified atom stereocenters.